The van der Waals surface area contributed by atoms with Gasteiger partial charge in [0.25, 0.3) is 0 Å². The Bertz CT molecular complexity index is 1480. The molecule has 2 heterocycles. The number of ether oxygens (including phenoxy) is 3. The van der Waals surface area contributed by atoms with Crippen LogP contribution in [0.3, 0.4) is 0 Å². The maximum Gasteiger partial charge on any atom is 0.412 e. The van der Waals surface area contributed by atoms with Crippen LogP contribution in [0.1, 0.15) is 20.8 Å². The van der Waals surface area contributed by atoms with E-state index in [0.717, 1.165) is 0 Å². The van der Waals surface area contributed by atoms with Gasteiger partial charge >= 0.3 is 12.2 Å². The van der Waals surface area contributed by atoms with E-state index in [4.69, 9.17) is 48.7 Å². The molecule has 0 aliphatic rings. The van der Waals surface area contributed by atoms with Gasteiger partial charge in [-0.15, -0.1) is 0 Å². The van der Waals surface area contributed by atoms with Crippen LogP contribution in [0.5, 0.6) is 5.88 Å². The van der Waals surface area contributed by atoms with Crippen LogP contribution in [0, 0.1) is 5.82 Å². The van der Waals surface area contributed by atoms with Crippen LogP contribution in [0.4, 0.5) is 25.5 Å². The molecule has 2 aromatic heterocycles. The van der Waals surface area contributed by atoms with E-state index >= 15 is 4.39 Å². The van der Waals surface area contributed by atoms with Crippen LogP contribution in [0.25, 0.3) is 22.4 Å². The molecular formula is C29H34Cl3FN4O6Si. The summed E-state index contributed by atoms with van der Waals surface area (Å²) in [6.45, 7) is 10.8. The third-order valence-electron chi connectivity index (χ3n) is 6.77. The summed E-state index contributed by atoms with van der Waals surface area (Å²) in [5, 5.41) is 5.02. The normalized spacial score (nSPS) is 12.0. The third kappa shape index (κ3) is 10.5. The van der Waals surface area contributed by atoms with Crippen LogP contribution in [0.2, 0.25) is 18.1 Å². The van der Waals surface area contributed by atoms with Gasteiger partial charge in [0, 0.05) is 29.1 Å². The number of aromatic nitrogens is 2. The predicted octanol–water partition coefficient (Wildman–Crippen LogP) is 8.45. The number of methoxy groups -OCH3 is 1. The number of carbonyl (C=O) groups excluding carboxylic acids is 2. The number of amides is 2. The molecule has 0 saturated heterocycles. The summed E-state index contributed by atoms with van der Waals surface area (Å²) in [7, 11) is -0.769. The van der Waals surface area contributed by atoms with E-state index in [0.29, 0.717) is 23.4 Å². The Kier molecular flexibility index (Phi) is 11.8. The predicted molar refractivity (Wildman–Crippen MR) is 173 cm³/mol. The van der Waals surface area contributed by atoms with E-state index < -0.39 is 36.7 Å². The number of benzene rings is 1. The zero-order chi connectivity index (χ0) is 32.7. The molecule has 2 amide bonds. The number of nitrogens with zero attached hydrogens (tertiary/aromatic N) is 2. The molecule has 3 rings (SSSR count). The van der Waals surface area contributed by atoms with Crippen molar-refractivity contribution in [2.75, 3.05) is 37.6 Å². The van der Waals surface area contributed by atoms with Gasteiger partial charge in [-0.1, -0.05) is 55.6 Å². The Morgan fingerprint density at radius 1 is 0.955 bits per heavy atom. The Hall–Kier alpha value is -3.16. The molecule has 1 aromatic carbocycles. The average molecular weight is 688 g/mol. The molecule has 2 N–H and O–H groups in total. The second kappa shape index (κ2) is 14.7. The number of hydrogen-bond donors (Lipinski definition) is 2. The summed E-state index contributed by atoms with van der Waals surface area (Å²) < 4.78 is 35.2. The highest BCUT2D eigenvalue weighted by atomic mass is 35.6. The fourth-order valence-electron chi connectivity index (χ4n) is 3.48. The van der Waals surface area contributed by atoms with E-state index in [1.54, 1.807) is 24.3 Å². The Balaban J connectivity index is 1.95. The first-order chi connectivity index (χ1) is 20.5. The lowest BCUT2D eigenvalue weighted by Gasteiger charge is -2.36. The monoisotopic (exact) mass is 686 g/mol. The molecule has 0 saturated carbocycles. The molecule has 0 unspecified atom stereocenters. The molecule has 238 valence electrons. The van der Waals surface area contributed by atoms with Gasteiger partial charge in [-0.25, -0.2) is 23.9 Å². The van der Waals surface area contributed by atoms with Crippen LogP contribution < -0.4 is 15.4 Å². The molecule has 0 radical (unpaired) electrons. The number of carbonyl (C=O) groups is 2. The van der Waals surface area contributed by atoms with Crippen LogP contribution >= 0.6 is 34.8 Å². The number of rotatable bonds is 10. The topological polar surface area (TPSA) is 121 Å². The number of anilines is 2. The Morgan fingerprint density at radius 2 is 1.68 bits per heavy atom. The standard InChI is InChI=1S/C29H34Cl3FN4O6Si/c1-28(2,3)44(5,6)43-12-11-41-25-15-19(13-23(36-25)18-9-10-34-24(14-18)37-26(38)40-4)21-16-20(7-8-22(21)33)35-27(39)42-17-29(30,31)32/h7-10,13-16H,11-12,17H2,1-6H3,(H,35,39)(H,34,37,38). The van der Waals surface area contributed by atoms with E-state index in [1.165, 1.54) is 31.5 Å². The van der Waals surface area contributed by atoms with Crippen molar-refractivity contribution in [3.8, 4) is 28.3 Å². The first-order valence-electron chi connectivity index (χ1n) is 13.4. The second-order valence-corrected chi connectivity index (χ2v) is 18.4. The van der Waals surface area contributed by atoms with Crippen molar-refractivity contribution in [1.29, 1.82) is 0 Å². The number of pyridine rings is 2. The largest absolute Gasteiger partial charge is 0.475 e. The molecule has 44 heavy (non-hydrogen) atoms. The molecule has 3 aromatic rings. The van der Waals surface area contributed by atoms with Gasteiger partial charge in [0.05, 0.1) is 19.4 Å². The summed E-state index contributed by atoms with van der Waals surface area (Å²) in [6.07, 6.45) is -0.102. The van der Waals surface area contributed by atoms with Gasteiger partial charge in [-0.3, -0.25) is 10.6 Å². The minimum absolute atomic E-state index is 0.0274. The number of alkyl halides is 3. The summed E-state index contributed by atoms with van der Waals surface area (Å²) in [6, 6.07) is 10.5. The average Bonchev–Trinajstić information content (AvgIpc) is 2.94. The van der Waals surface area contributed by atoms with Crippen molar-refractivity contribution in [1.82, 2.24) is 9.97 Å². The number of hydrogen-bond acceptors (Lipinski definition) is 8. The quantitative estimate of drug-likeness (QED) is 0.124. The van der Waals surface area contributed by atoms with Crippen LogP contribution in [0.15, 0.2) is 48.7 Å². The molecule has 0 atom stereocenters. The minimum atomic E-state index is -2.01. The first-order valence-corrected chi connectivity index (χ1v) is 17.4. The fraction of sp³-hybridized carbons (Fsp3) is 0.379. The zero-order valence-electron chi connectivity index (χ0n) is 25.1. The van der Waals surface area contributed by atoms with Gasteiger partial charge in [-0.05, 0) is 60.1 Å². The third-order valence-corrected chi connectivity index (χ3v) is 11.6. The highest BCUT2D eigenvalue weighted by molar-refractivity contribution is 6.74. The number of nitrogens with one attached hydrogen (secondary N) is 2. The molecule has 0 fully saturated rings. The Morgan fingerprint density at radius 3 is 2.34 bits per heavy atom. The summed E-state index contributed by atoms with van der Waals surface area (Å²) in [4.78, 5) is 32.7. The van der Waals surface area contributed by atoms with Gasteiger partial charge < -0.3 is 18.6 Å². The Labute approximate surface area is 271 Å². The highest BCUT2D eigenvalue weighted by Gasteiger charge is 2.37. The van der Waals surface area contributed by atoms with Crippen molar-refractivity contribution in [3.05, 3.63) is 54.5 Å². The summed E-state index contributed by atoms with van der Waals surface area (Å²) >= 11 is 16.9. The lowest BCUT2D eigenvalue weighted by molar-refractivity contribution is 0.164. The van der Waals surface area contributed by atoms with Gasteiger partial charge in [0.2, 0.25) is 9.67 Å². The van der Waals surface area contributed by atoms with Crippen molar-refractivity contribution in [2.24, 2.45) is 0 Å². The van der Waals surface area contributed by atoms with Crippen molar-refractivity contribution < 1.29 is 32.6 Å². The SMILES string of the molecule is COC(=O)Nc1cc(-c2cc(-c3cc(NC(=O)OCC(Cl)(Cl)Cl)ccc3F)cc(OCCO[Si](C)(C)C(C)(C)C)n2)ccn1. The smallest absolute Gasteiger partial charge is 0.412 e. The van der Waals surface area contributed by atoms with Crippen molar-refractivity contribution in [3.63, 3.8) is 0 Å². The van der Waals surface area contributed by atoms with Crippen LogP contribution in [-0.2, 0) is 13.9 Å². The van der Waals surface area contributed by atoms with Crippen molar-refractivity contribution in [2.45, 2.75) is 42.7 Å². The lowest BCUT2D eigenvalue weighted by atomic mass is 10.0. The summed E-state index contributed by atoms with van der Waals surface area (Å²) in [5.74, 6) is -0.148. The summed E-state index contributed by atoms with van der Waals surface area (Å²) in [5.41, 5.74) is 1.72. The van der Waals surface area contributed by atoms with Crippen molar-refractivity contribution >= 4 is 66.8 Å². The zero-order valence-corrected chi connectivity index (χ0v) is 28.4. The molecule has 15 heteroatoms. The van der Waals surface area contributed by atoms with E-state index in [1.807, 2.05) is 0 Å². The van der Waals surface area contributed by atoms with E-state index in [9.17, 15) is 9.59 Å². The molecule has 10 nitrogen and oxygen atoms in total. The number of halogens is 4. The molecule has 0 aliphatic heterocycles. The lowest BCUT2D eigenvalue weighted by Crippen LogP contribution is -2.41. The molecule has 0 bridgehead atoms. The van der Waals surface area contributed by atoms with Crippen LogP contribution in [-0.4, -0.2) is 61.2 Å². The first kappa shape index (κ1) is 35.3. The van der Waals surface area contributed by atoms with E-state index in [2.05, 4.69) is 59.2 Å². The molecular weight excluding hydrogens is 654 g/mol. The van der Waals surface area contributed by atoms with Gasteiger partial charge in [0.1, 0.15) is 24.8 Å². The highest BCUT2D eigenvalue weighted by Crippen LogP contribution is 2.37. The van der Waals surface area contributed by atoms with Gasteiger partial charge in [0.15, 0.2) is 8.32 Å². The fourth-order valence-corrected chi connectivity index (χ4v) is 4.67. The van der Waals surface area contributed by atoms with E-state index in [-0.39, 0.29) is 34.6 Å². The maximum absolute atomic E-state index is 15.2. The second-order valence-electron chi connectivity index (χ2n) is 11.1. The minimum Gasteiger partial charge on any atom is -0.475 e. The molecule has 0 spiro atoms. The maximum atomic E-state index is 15.2. The molecule has 0 aliphatic carbocycles. The van der Waals surface area contributed by atoms with Gasteiger partial charge in [-0.2, -0.15) is 0 Å².